The molecular formula is C26H38N2O4. The number of nitrogens with two attached hydrogens (primary N) is 1. The van der Waals surface area contributed by atoms with Crippen LogP contribution in [0.1, 0.15) is 45.2 Å². The number of hydrogen-bond donors (Lipinski definition) is 3. The van der Waals surface area contributed by atoms with Crippen molar-refractivity contribution < 1.29 is 19.4 Å². The molecule has 0 aromatic heterocycles. The number of carbonyl (C=O) groups excluding carboxylic acids is 1. The SMILES string of the molecule is CC(C)CNC[C@H](O)[C@@](Cc1ccc(OCc2ccccc2)cc1)(CC(C)C)OC(N)=O. The van der Waals surface area contributed by atoms with Crippen LogP contribution in [0.25, 0.3) is 0 Å². The molecule has 0 spiro atoms. The molecule has 2 rings (SSSR count). The topological polar surface area (TPSA) is 93.8 Å². The summed E-state index contributed by atoms with van der Waals surface area (Å²) in [5, 5.41) is 14.3. The Morgan fingerprint density at radius 2 is 1.62 bits per heavy atom. The maximum Gasteiger partial charge on any atom is 0.405 e. The molecule has 0 aliphatic rings. The van der Waals surface area contributed by atoms with Gasteiger partial charge < -0.3 is 25.6 Å². The van der Waals surface area contributed by atoms with Gasteiger partial charge in [0, 0.05) is 13.0 Å². The Morgan fingerprint density at radius 3 is 2.19 bits per heavy atom. The second kappa shape index (κ2) is 12.5. The van der Waals surface area contributed by atoms with Crippen molar-refractivity contribution in [3.8, 4) is 5.75 Å². The van der Waals surface area contributed by atoms with Crippen LogP contribution in [-0.2, 0) is 17.8 Å². The first-order valence-electron chi connectivity index (χ1n) is 11.3. The zero-order valence-corrected chi connectivity index (χ0v) is 19.7. The number of benzene rings is 2. The van der Waals surface area contributed by atoms with E-state index in [0.717, 1.165) is 23.4 Å². The Labute approximate surface area is 192 Å². The smallest absolute Gasteiger partial charge is 0.405 e. The molecule has 0 aliphatic carbocycles. The van der Waals surface area contributed by atoms with Gasteiger partial charge in [0.1, 0.15) is 24.1 Å². The molecule has 0 unspecified atom stereocenters. The second-order valence-corrected chi connectivity index (χ2v) is 9.25. The number of nitrogens with one attached hydrogen (secondary N) is 1. The Bertz CT molecular complexity index is 808. The molecule has 0 saturated carbocycles. The van der Waals surface area contributed by atoms with Gasteiger partial charge >= 0.3 is 6.09 Å². The standard InChI is InChI=1S/C26H38N2O4/c1-19(2)14-26(32-25(27)30,24(29)17-28-16-20(3)4)15-21-10-12-23(13-11-21)31-18-22-8-6-5-7-9-22/h5-13,19-20,24,28-29H,14-18H2,1-4H3,(H2,27,30)/t24-,26-/m0/s1. The summed E-state index contributed by atoms with van der Waals surface area (Å²) < 4.78 is 11.5. The third-order valence-electron chi connectivity index (χ3n) is 5.23. The lowest BCUT2D eigenvalue weighted by Gasteiger charge is -2.39. The first-order valence-corrected chi connectivity index (χ1v) is 11.3. The van der Waals surface area contributed by atoms with Crippen molar-refractivity contribution >= 4 is 6.09 Å². The fourth-order valence-electron chi connectivity index (χ4n) is 3.85. The lowest BCUT2D eigenvalue weighted by Crippen LogP contribution is -2.54. The zero-order chi connectivity index (χ0) is 23.6. The van der Waals surface area contributed by atoms with Crippen LogP contribution in [0.3, 0.4) is 0 Å². The summed E-state index contributed by atoms with van der Waals surface area (Å²) in [6, 6.07) is 17.6. The molecule has 0 heterocycles. The van der Waals surface area contributed by atoms with E-state index in [4.69, 9.17) is 15.2 Å². The van der Waals surface area contributed by atoms with E-state index in [2.05, 4.69) is 19.2 Å². The normalized spacial score (nSPS) is 14.2. The van der Waals surface area contributed by atoms with Gasteiger partial charge in [0.15, 0.2) is 0 Å². The van der Waals surface area contributed by atoms with Gasteiger partial charge in [-0.05, 0) is 48.1 Å². The molecule has 1 amide bonds. The van der Waals surface area contributed by atoms with Crippen molar-refractivity contribution in [3.63, 3.8) is 0 Å². The van der Waals surface area contributed by atoms with Crippen molar-refractivity contribution in [2.45, 2.75) is 58.8 Å². The summed E-state index contributed by atoms with van der Waals surface area (Å²) in [6.45, 7) is 9.84. The minimum Gasteiger partial charge on any atom is -0.489 e. The van der Waals surface area contributed by atoms with Gasteiger partial charge in [-0.1, -0.05) is 70.2 Å². The molecular weight excluding hydrogens is 404 g/mol. The van der Waals surface area contributed by atoms with Crippen LogP contribution < -0.4 is 15.8 Å². The van der Waals surface area contributed by atoms with Crippen LogP contribution in [0, 0.1) is 11.8 Å². The third-order valence-corrected chi connectivity index (χ3v) is 5.23. The molecule has 2 aromatic carbocycles. The first-order chi connectivity index (χ1) is 15.2. The highest BCUT2D eigenvalue weighted by molar-refractivity contribution is 5.65. The molecule has 0 radical (unpaired) electrons. The average Bonchev–Trinajstić information content (AvgIpc) is 2.72. The predicted octanol–water partition coefficient (Wildman–Crippen LogP) is 4.29. The monoisotopic (exact) mass is 442 g/mol. The molecule has 32 heavy (non-hydrogen) atoms. The molecule has 2 atom stereocenters. The number of ether oxygens (including phenoxy) is 2. The summed E-state index contributed by atoms with van der Waals surface area (Å²) in [6.07, 6.45) is -0.925. The fraction of sp³-hybridized carbons (Fsp3) is 0.500. The van der Waals surface area contributed by atoms with Gasteiger partial charge in [0.25, 0.3) is 0 Å². The number of aliphatic hydroxyl groups excluding tert-OH is 1. The van der Waals surface area contributed by atoms with Crippen LogP contribution in [0.5, 0.6) is 5.75 Å². The Balaban J connectivity index is 2.14. The van der Waals surface area contributed by atoms with E-state index < -0.39 is 17.8 Å². The van der Waals surface area contributed by atoms with Gasteiger partial charge in [-0.15, -0.1) is 0 Å². The Kier molecular flexibility index (Phi) is 10.0. The van der Waals surface area contributed by atoms with Crippen molar-refractivity contribution in [2.75, 3.05) is 13.1 Å². The number of rotatable bonds is 13. The van der Waals surface area contributed by atoms with Crippen LogP contribution in [0.4, 0.5) is 4.79 Å². The van der Waals surface area contributed by atoms with Gasteiger partial charge in [-0.25, -0.2) is 4.79 Å². The quantitative estimate of drug-likeness (QED) is 0.430. The van der Waals surface area contributed by atoms with Gasteiger partial charge in [-0.3, -0.25) is 0 Å². The van der Waals surface area contributed by atoms with E-state index in [1.54, 1.807) is 0 Å². The highest BCUT2D eigenvalue weighted by Crippen LogP contribution is 2.31. The number of carbonyl (C=O) groups is 1. The number of aliphatic hydroxyl groups is 1. The van der Waals surface area contributed by atoms with E-state index >= 15 is 0 Å². The summed E-state index contributed by atoms with van der Waals surface area (Å²) in [4.78, 5) is 11.8. The molecule has 2 aromatic rings. The molecule has 0 saturated heterocycles. The van der Waals surface area contributed by atoms with E-state index in [9.17, 15) is 9.90 Å². The summed E-state index contributed by atoms with van der Waals surface area (Å²) in [7, 11) is 0. The minimum atomic E-state index is -1.11. The molecule has 4 N–H and O–H groups in total. The molecule has 176 valence electrons. The Hall–Kier alpha value is -2.57. The number of primary amides is 1. The van der Waals surface area contributed by atoms with Crippen LogP contribution in [0.2, 0.25) is 0 Å². The summed E-state index contributed by atoms with van der Waals surface area (Å²) in [5.41, 5.74) is 6.34. The minimum absolute atomic E-state index is 0.197. The van der Waals surface area contributed by atoms with Crippen LogP contribution in [-0.4, -0.2) is 36.0 Å². The van der Waals surface area contributed by atoms with Gasteiger partial charge in [-0.2, -0.15) is 0 Å². The fourth-order valence-corrected chi connectivity index (χ4v) is 3.85. The molecule has 0 fully saturated rings. The van der Waals surface area contributed by atoms with E-state index in [-0.39, 0.29) is 5.92 Å². The highest BCUT2D eigenvalue weighted by Gasteiger charge is 2.42. The maximum absolute atomic E-state index is 11.8. The highest BCUT2D eigenvalue weighted by atomic mass is 16.6. The first kappa shape index (κ1) is 25.7. The summed E-state index contributed by atoms with van der Waals surface area (Å²) >= 11 is 0. The van der Waals surface area contributed by atoms with Crippen LogP contribution in [0.15, 0.2) is 54.6 Å². The number of amides is 1. The van der Waals surface area contributed by atoms with Crippen molar-refractivity contribution in [2.24, 2.45) is 17.6 Å². The zero-order valence-electron chi connectivity index (χ0n) is 19.7. The van der Waals surface area contributed by atoms with Gasteiger partial charge in [0.05, 0.1) is 0 Å². The van der Waals surface area contributed by atoms with E-state index in [1.807, 2.05) is 68.4 Å². The third kappa shape index (κ3) is 8.52. The van der Waals surface area contributed by atoms with Crippen LogP contribution >= 0.6 is 0 Å². The van der Waals surface area contributed by atoms with E-state index in [0.29, 0.717) is 31.9 Å². The lowest BCUT2D eigenvalue weighted by molar-refractivity contribution is -0.0892. The Morgan fingerprint density at radius 1 is 0.969 bits per heavy atom. The molecule has 0 bridgehead atoms. The largest absolute Gasteiger partial charge is 0.489 e. The molecule has 6 nitrogen and oxygen atoms in total. The van der Waals surface area contributed by atoms with Crippen molar-refractivity contribution in [3.05, 3.63) is 65.7 Å². The van der Waals surface area contributed by atoms with E-state index in [1.165, 1.54) is 0 Å². The lowest BCUT2D eigenvalue weighted by atomic mass is 9.81. The second-order valence-electron chi connectivity index (χ2n) is 9.25. The summed E-state index contributed by atoms with van der Waals surface area (Å²) in [5.74, 6) is 1.40. The number of hydrogen-bond acceptors (Lipinski definition) is 5. The average molecular weight is 443 g/mol. The molecule has 0 aliphatic heterocycles. The van der Waals surface area contributed by atoms with Crippen molar-refractivity contribution in [1.29, 1.82) is 0 Å². The predicted molar refractivity (Wildman–Crippen MR) is 127 cm³/mol. The molecule has 6 heteroatoms. The van der Waals surface area contributed by atoms with Crippen molar-refractivity contribution in [1.82, 2.24) is 5.32 Å². The maximum atomic E-state index is 11.8. The van der Waals surface area contributed by atoms with Gasteiger partial charge in [0.2, 0.25) is 0 Å².